The maximum absolute atomic E-state index is 12.8. The Kier molecular flexibility index (Phi) is 8.05. The average Bonchev–Trinajstić information content (AvgIpc) is 3.15. The van der Waals surface area contributed by atoms with E-state index >= 15 is 0 Å². The van der Waals surface area contributed by atoms with Crippen LogP contribution in [0.3, 0.4) is 0 Å². The molecule has 2 amide bonds. The van der Waals surface area contributed by atoms with Crippen LogP contribution in [0.4, 0.5) is 11.4 Å². The first-order valence-corrected chi connectivity index (χ1v) is 12.7. The summed E-state index contributed by atoms with van der Waals surface area (Å²) in [4.78, 5) is 27.4. The Morgan fingerprint density at radius 2 is 1.88 bits per heavy atom. The van der Waals surface area contributed by atoms with Crippen molar-refractivity contribution in [3.63, 3.8) is 0 Å². The minimum atomic E-state index is -0.0955. The number of carbonyl (C=O) groups is 2. The van der Waals surface area contributed by atoms with Crippen molar-refractivity contribution in [1.29, 1.82) is 0 Å². The van der Waals surface area contributed by atoms with Gasteiger partial charge in [-0.1, -0.05) is 71.7 Å². The molecule has 1 saturated heterocycles. The van der Waals surface area contributed by atoms with E-state index in [2.05, 4.69) is 52.1 Å². The number of rotatable bonds is 8. The smallest absolute Gasteiger partial charge is 0.238 e. The average molecular weight is 453 g/mol. The predicted octanol–water partition coefficient (Wildman–Crippen LogP) is 6.92. The third-order valence-corrected chi connectivity index (χ3v) is 7.30. The van der Waals surface area contributed by atoms with Gasteiger partial charge in [-0.25, -0.2) is 0 Å². The molecule has 1 heterocycles. The van der Waals surface area contributed by atoms with E-state index in [4.69, 9.17) is 0 Å². The molecule has 4 nitrogen and oxygen atoms in total. The van der Waals surface area contributed by atoms with Crippen LogP contribution >= 0.6 is 11.8 Å². The van der Waals surface area contributed by atoms with Crippen molar-refractivity contribution in [3.05, 3.63) is 59.7 Å². The maximum atomic E-state index is 12.8. The lowest BCUT2D eigenvalue weighted by Crippen LogP contribution is -2.28. The van der Waals surface area contributed by atoms with Crippen molar-refractivity contribution in [3.8, 4) is 0 Å². The Morgan fingerprint density at radius 1 is 1.16 bits per heavy atom. The Labute approximate surface area is 197 Å². The second kappa shape index (κ2) is 10.6. The summed E-state index contributed by atoms with van der Waals surface area (Å²) in [6.07, 6.45) is 3.93. The first-order valence-electron chi connectivity index (χ1n) is 11.7. The van der Waals surface area contributed by atoms with E-state index in [0.717, 1.165) is 42.6 Å². The lowest BCUT2D eigenvalue weighted by molar-refractivity contribution is -0.120. The van der Waals surface area contributed by atoms with Gasteiger partial charge in [-0.2, -0.15) is 0 Å². The number of carbonyl (C=O) groups excluding carboxylic acids is 2. The van der Waals surface area contributed by atoms with Gasteiger partial charge in [0.05, 0.1) is 5.75 Å². The summed E-state index contributed by atoms with van der Waals surface area (Å²) in [5, 5.41) is 3.01. The van der Waals surface area contributed by atoms with Crippen LogP contribution in [0.2, 0.25) is 0 Å². The highest BCUT2D eigenvalue weighted by Gasteiger charge is 2.34. The van der Waals surface area contributed by atoms with Crippen molar-refractivity contribution in [2.45, 2.75) is 71.1 Å². The molecule has 5 heteroatoms. The van der Waals surface area contributed by atoms with Crippen LogP contribution in [-0.4, -0.2) is 17.6 Å². The Hall–Kier alpha value is -2.27. The molecule has 0 bridgehead atoms. The molecule has 172 valence electrons. The zero-order chi connectivity index (χ0) is 23.3. The molecule has 0 spiro atoms. The second-order valence-corrected chi connectivity index (χ2v) is 10.7. The van der Waals surface area contributed by atoms with E-state index in [1.165, 1.54) is 5.56 Å². The van der Waals surface area contributed by atoms with Gasteiger partial charge in [0.2, 0.25) is 11.8 Å². The second-order valence-electron chi connectivity index (χ2n) is 9.59. The Morgan fingerprint density at radius 3 is 2.50 bits per heavy atom. The fourth-order valence-electron chi connectivity index (χ4n) is 4.06. The van der Waals surface area contributed by atoms with E-state index in [0.29, 0.717) is 5.75 Å². The summed E-state index contributed by atoms with van der Waals surface area (Å²) in [5.74, 6) is 0.697. The van der Waals surface area contributed by atoms with Crippen LogP contribution in [0.1, 0.15) is 76.8 Å². The van der Waals surface area contributed by atoms with Gasteiger partial charge in [0, 0.05) is 17.3 Å². The molecule has 0 saturated carbocycles. The minimum Gasteiger partial charge on any atom is -0.326 e. The Balaban J connectivity index is 1.79. The van der Waals surface area contributed by atoms with Crippen molar-refractivity contribution in [2.24, 2.45) is 5.92 Å². The molecule has 2 atom stereocenters. The van der Waals surface area contributed by atoms with Crippen LogP contribution in [0.15, 0.2) is 48.5 Å². The summed E-state index contributed by atoms with van der Waals surface area (Å²) in [7, 11) is 0. The molecule has 0 aliphatic carbocycles. The first-order chi connectivity index (χ1) is 15.2. The summed E-state index contributed by atoms with van der Waals surface area (Å²) in [6, 6.07) is 16.3. The van der Waals surface area contributed by atoms with Gasteiger partial charge in [-0.15, -0.1) is 11.8 Å². The molecular weight excluding hydrogens is 416 g/mol. The van der Waals surface area contributed by atoms with Gasteiger partial charge in [0.25, 0.3) is 0 Å². The number of thioether (sulfide) groups is 1. The molecule has 1 aliphatic rings. The summed E-state index contributed by atoms with van der Waals surface area (Å²) in [6.45, 7) is 10.8. The van der Waals surface area contributed by atoms with E-state index in [1.807, 2.05) is 41.3 Å². The zero-order valence-corrected chi connectivity index (χ0v) is 20.8. The third kappa shape index (κ3) is 5.74. The molecule has 2 aromatic rings. The molecule has 0 unspecified atom stereocenters. The molecular formula is C27H36N2O2S. The number of amides is 2. The van der Waals surface area contributed by atoms with Gasteiger partial charge in [0.15, 0.2) is 0 Å². The quantitative estimate of drug-likeness (QED) is 0.473. The largest absolute Gasteiger partial charge is 0.326 e. The lowest BCUT2D eigenvalue weighted by atomic mass is 9.87. The normalized spacial score (nSPS) is 17.5. The SMILES string of the molecule is CCCC[C@H](CC)C(=O)Nc1cccc([C@H]2SCC(=O)N2c2ccc(C(C)(C)C)cc2)c1. The highest BCUT2D eigenvalue weighted by molar-refractivity contribution is 8.00. The monoisotopic (exact) mass is 452 g/mol. The highest BCUT2D eigenvalue weighted by atomic mass is 32.2. The number of hydrogen-bond acceptors (Lipinski definition) is 3. The molecule has 0 aromatic heterocycles. The lowest BCUT2D eigenvalue weighted by Gasteiger charge is -2.26. The van der Waals surface area contributed by atoms with Gasteiger partial charge in [0.1, 0.15) is 5.37 Å². The third-order valence-electron chi connectivity index (χ3n) is 6.09. The van der Waals surface area contributed by atoms with Crippen molar-refractivity contribution in [2.75, 3.05) is 16.0 Å². The van der Waals surface area contributed by atoms with E-state index in [-0.39, 0.29) is 28.5 Å². The number of unbranched alkanes of at least 4 members (excludes halogenated alkanes) is 1. The zero-order valence-electron chi connectivity index (χ0n) is 20.0. The van der Waals surface area contributed by atoms with Crippen LogP contribution in [0.25, 0.3) is 0 Å². The van der Waals surface area contributed by atoms with Crippen LogP contribution in [-0.2, 0) is 15.0 Å². The summed E-state index contributed by atoms with van der Waals surface area (Å²) in [5.41, 5.74) is 4.06. The number of hydrogen-bond donors (Lipinski definition) is 1. The number of nitrogens with one attached hydrogen (secondary N) is 1. The summed E-state index contributed by atoms with van der Waals surface area (Å²) >= 11 is 1.63. The fourth-order valence-corrected chi connectivity index (χ4v) is 5.22. The summed E-state index contributed by atoms with van der Waals surface area (Å²) < 4.78 is 0. The first kappa shape index (κ1) is 24.4. The molecule has 3 rings (SSSR count). The van der Waals surface area contributed by atoms with Gasteiger partial charge in [-0.3, -0.25) is 14.5 Å². The topological polar surface area (TPSA) is 49.4 Å². The van der Waals surface area contributed by atoms with Gasteiger partial charge >= 0.3 is 0 Å². The number of nitrogens with zero attached hydrogens (tertiary/aromatic N) is 1. The van der Waals surface area contributed by atoms with Crippen LogP contribution in [0.5, 0.6) is 0 Å². The molecule has 32 heavy (non-hydrogen) atoms. The van der Waals surface area contributed by atoms with E-state index in [1.54, 1.807) is 11.8 Å². The Bertz CT molecular complexity index is 933. The van der Waals surface area contributed by atoms with Crippen molar-refractivity contribution >= 4 is 35.0 Å². The number of anilines is 2. The van der Waals surface area contributed by atoms with E-state index in [9.17, 15) is 9.59 Å². The standard InChI is InChI=1S/C27H36N2O2S/c1-6-8-10-19(7-2)25(31)28-22-12-9-11-20(17-22)26-29(24(30)18-32-26)23-15-13-21(14-16-23)27(3,4)5/h9,11-17,19,26H,6-8,10,18H2,1-5H3,(H,28,31)/t19-,26+/m0/s1. The minimum absolute atomic E-state index is 0.0406. The highest BCUT2D eigenvalue weighted by Crippen LogP contribution is 2.42. The van der Waals surface area contributed by atoms with Crippen LogP contribution in [0, 0.1) is 5.92 Å². The van der Waals surface area contributed by atoms with Gasteiger partial charge < -0.3 is 5.32 Å². The predicted molar refractivity (Wildman–Crippen MR) is 136 cm³/mol. The molecule has 1 N–H and O–H groups in total. The molecule has 1 fully saturated rings. The van der Waals surface area contributed by atoms with Crippen LogP contribution < -0.4 is 10.2 Å². The maximum Gasteiger partial charge on any atom is 0.238 e. The van der Waals surface area contributed by atoms with E-state index < -0.39 is 0 Å². The fraction of sp³-hybridized carbons (Fsp3) is 0.481. The van der Waals surface area contributed by atoms with Crippen molar-refractivity contribution in [1.82, 2.24) is 0 Å². The molecule has 0 radical (unpaired) electrons. The molecule has 1 aliphatic heterocycles. The molecule has 2 aromatic carbocycles. The van der Waals surface area contributed by atoms with Crippen molar-refractivity contribution < 1.29 is 9.59 Å². The number of benzene rings is 2. The van der Waals surface area contributed by atoms with Gasteiger partial charge in [-0.05, 0) is 53.6 Å².